The molecule has 2 N–H and O–H groups in total. The Kier molecular flexibility index (Phi) is 4.76. The molecular formula is C9H10Cl2N2O3S. The molecular weight excluding hydrogens is 287 g/mol. The average molecular weight is 297 g/mol. The van der Waals surface area contributed by atoms with Crippen LogP contribution in [-0.4, -0.2) is 27.9 Å². The van der Waals surface area contributed by atoms with Crippen LogP contribution in [0.2, 0.25) is 10.0 Å². The molecule has 0 heterocycles. The van der Waals surface area contributed by atoms with Gasteiger partial charge >= 0.3 is 0 Å². The van der Waals surface area contributed by atoms with E-state index in [4.69, 9.17) is 23.2 Å². The van der Waals surface area contributed by atoms with E-state index in [0.717, 1.165) is 0 Å². The minimum absolute atomic E-state index is 0.0843. The highest BCUT2D eigenvalue weighted by Gasteiger charge is 2.16. The van der Waals surface area contributed by atoms with Crippen LogP contribution in [0.25, 0.3) is 0 Å². The molecule has 0 aliphatic rings. The number of carbonyl (C=O) groups excluding carboxylic acids is 1. The van der Waals surface area contributed by atoms with Gasteiger partial charge in [0, 0.05) is 17.1 Å². The molecule has 1 aromatic carbocycles. The van der Waals surface area contributed by atoms with Crippen LogP contribution >= 0.6 is 23.2 Å². The Hall–Kier alpha value is -0.820. The van der Waals surface area contributed by atoms with Crippen molar-refractivity contribution in [1.82, 2.24) is 10.0 Å². The summed E-state index contributed by atoms with van der Waals surface area (Å²) in [6.45, 7) is -0.344. The largest absolute Gasteiger partial charge is 0.358 e. The van der Waals surface area contributed by atoms with Crippen molar-refractivity contribution in [3.8, 4) is 0 Å². The number of benzene rings is 1. The maximum absolute atomic E-state index is 11.7. The molecule has 1 rings (SSSR count). The van der Waals surface area contributed by atoms with Gasteiger partial charge in [-0.15, -0.1) is 0 Å². The SMILES string of the molecule is CNC(=O)CNS(=O)(=O)c1cc(Cl)cc(Cl)c1. The Morgan fingerprint density at radius 2 is 1.76 bits per heavy atom. The fourth-order valence-corrected chi connectivity index (χ4v) is 2.72. The number of likely N-dealkylation sites (N-methyl/N-ethyl adjacent to an activating group) is 1. The first-order valence-electron chi connectivity index (χ1n) is 4.51. The molecule has 0 unspecified atom stereocenters. The second-order valence-electron chi connectivity index (χ2n) is 3.10. The minimum Gasteiger partial charge on any atom is -0.358 e. The van der Waals surface area contributed by atoms with Gasteiger partial charge in [0.1, 0.15) is 0 Å². The van der Waals surface area contributed by atoms with E-state index in [0.29, 0.717) is 0 Å². The van der Waals surface area contributed by atoms with E-state index in [9.17, 15) is 13.2 Å². The van der Waals surface area contributed by atoms with Crippen LogP contribution in [-0.2, 0) is 14.8 Å². The number of hydrogen-bond acceptors (Lipinski definition) is 3. The zero-order valence-corrected chi connectivity index (χ0v) is 11.2. The third kappa shape index (κ3) is 4.16. The van der Waals surface area contributed by atoms with Gasteiger partial charge in [-0.1, -0.05) is 23.2 Å². The summed E-state index contributed by atoms with van der Waals surface area (Å²) in [7, 11) is -2.38. The van der Waals surface area contributed by atoms with E-state index in [1.54, 1.807) is 0 Å². The molecule has 17 heavy (non-hydrogen) atoms. The van der Waals surface area contributed by atoms with E-state index >= 15 is 0 Å². The van der Waals surface area contributed by atoms with Gasteiger partial charge in [-0.05, 0) is 18.2 Å². The van der Waals surface area contributed by atoms with E-state index in [2.05, 4.69) is 10.0 Å². The first-order valence-corrected chi connectivity index (χ1v) is 6.75. The summed E-state index contributed by atoms with van der Waals surface area (Å²) < 4.78 is 25.6. The lowest BCUT2D eigenvalue weighted by Gasteiger charge is -2.06. The van der Waals surface area contributed by atoms with Crippen LogP contribution in [0.4, 0.5) is 0 Å². The van der Waals surface area contributed by atoms with Crippen LogP contribution in [0.15, 0.2) is 23.1 Å². The normalized spacial score (nSPS) is 11.2. The van der Waals surface area contributed by atoms with Crippen molar-refractivity contribution in [3.63, 3.8) is 0 Å². The molecule has 0 radical (unpaired) electrons. The number of sulfonamides is 1. The predicted octanol–water partition coefficient (Wildman–Crippen LogP) is 1.02. The Morgan fingerprint density at radius 1 is 1.24 bits per heavy atom. The van der Waals surface area contributed by atoms with Crippen LogP contribution in [0.5, 0.6) is 0 Å². The zero-order chi connectivity index (χ0) is 13.1. The van der Waals surface area contributed by atoms with Crippen LogP contribution in [0.3, 0.4) is 0 Å². The van der Waals surface area contributed by atoms with E-state index < -0.39 is 15.9 Å². The molecule has 0 atom stereocenters. The summed E-state index contributed by atoms with van der Waals surface area (Å²) >= 11 is 11.4. The highest BCUT2D eigenvalue weighted by atomic mass is 35.5. The predicted molar refractivity (Wildman–Crippen MR) is 65.7 cm³/mol. The maximum Gasteiger partial charge on any atom is 0.241 e. The topological polar surface area (TPSA) is 75.3 Å². The van der Waals surface area contributed by atoms with Gasteiger partial charge in [-0.3, -0.25) is 4.79 Å². The van der Waals surface area contributed by atoms with Gasteiger partial charge in [-0.2, -0.15) is 0 Å². The van der Waals surface area contributed by atoms with Crippen molar-refractivity contribution in [2.24, 2.45) is 0 Å². The fourth-order valence-electron chi connectivity index (χ4n) is 1.02. The van der Waals surface area contributed by atoms with Crippen LogP contribution in [0, 0.1) is 0 Å². The van der Waals surface area contributed by atoms with Crippen molar-refractivity contribution >= 4 is 39.1 Å². The molecule has 0 aliphatic heterocycles. The summed E-state index contributed by atoms with van der Waals surface area (Å²) in [6, 6.07) is 3.92. The van der Waals surface area contributed by atoms with Crippen LogP contribution in [0.1, 0.15) is 0 Å². The number of rotatable bonds is 4. The second kappa shape index (κ2) is 5.68. The quantitative estimate of drug-likeness (QED) is 0.871. The van der Waals surface area contributed by atoms with Gasteiger partial charge in [0.15, 0.2) is 0 Å². The third-order valence-corrected chi connectivity index (χ3v) is 3.67. The Balaban J connectivity index is 2.93. The van der Waals surface area contributed by atoms with Gasteiger partial charge in [-0.25, -0.2) is 13.1 Å². The number of hydrogen-bond donors (Lipinski definition) is 2. The lowest BCUT2D eigenvalue weighted by Crippen LogP contribution is -2.35. The Labute approximate surface area is 109 Å². The highest BCUT2D eigenvalue weighted by molar-refractivity contribution is 7.89. The fraction of sp³-hybridized carbons (Fsp3) is 0.222. The van der Waals surface area contributed by atoms with E-state index in [-0.39, 0.29) is 21.5 Å². The molecule has 5 nitrogen and oxygen atoms in total. The maximum atomic E-state index is 11.7. The highest BCUT2D eigenvalue weighted by Crippen LogP contribution is 2.21. The van der Waals surface area contributed by atoms with Gasteiger partial charge < -0.3 is 5.32 Å². The van der Waals surface area contributed by atoms with Gasteiger partial charge in [0.2, 0.25) is 15.9 Å². The standard InChI is InChI=1S/C9H10Cl2N2O3S/c1-12-9(14)5-13-17(15,16)8-3-6(10)2-7(11)4-8/h2-4,13H,5H2,1H3,(H,12,14). The lowest BCUT2D eigenvalue weighted by molar-refractivity contribution is -0.119. The van der Waals surface area contributed by atoms with Crippen molar-refractivity contribution in [2.75, 3.05) is 13.6 Å². The Bertz CT molecular complexity index is 511. The van der Waals surface area contributed by atoms with Crippen molar-refractivity contribution in [1.29, 1.82) is 0 Å². The smallest absolute Gasteiger partial charge is 0.241 e. The number of halogens is 2. The Morgan fingerprint density at radius 3 is 2.24 bits per heavy atom. The molecule has 0 saturated heterocycles. The molecule has 0 fully saturated rings. The van der Waals surface area contributed by atoms with E-state index in [1.165, 1.54) is 25.2 Å². The summed E-state index contributed by atoms with van der Waals surface area (Å²) in [5, 5.41) is 2.71. The zero-order valence-electron chi connectivity index (χ0n) is 8.83. The summed E-state index contributed by atoms with van der Waals surface area (Å²) in [5.41, 5.74) is 0. The van der Waals surface area contributed by atoms with Crippen LogP contribution < -0.4 is 10.0 Å². The molecule has 0 spiro atoms. The molecule has 0 aromatic heterocycles. The number of amides is 1. The van der Waals surface area contributed by atoms with Gasteiger partial charge in [0.05, 0.1) is 11.4 Å². The van der Waals surface area contributed by atoms with E-state index in [1.807, 2.05) is 0 Å². The van der Waals surface area contributed by atoms with Crippen molar-refractivity contribution < 1.29 is 13.2 Å². The molecule has 0 aliphatic carbocycles. The monoisotopic (exact) mass is 296 g/mol. The van der Waals surface area contributed by atoms with Gasteiger partial charge in [0.25, 0.3) is 0 Å². The average Bonchev–Trinajstić information content (AvgIpc) is 2.24. The third-order valence-electron chi connectivity index (χ3n) is 1.85. The van der Waals surface area contributed by atoms with Crippen molar-refractivity contribution in [2.45, 2.75) is 4.90 Å². The number of nitrogens with one attached hydrogen (secondary N) is 2. The first-order chi connectivity index (χ1) is 7.85. The minimum atomic E-state index is -3.79. The summed E-state index contributed by atoms with van der Waals surface area (Å²) in [5.74, 6) is -0.443. The second-order valence-corrected chi connectivity index (χ2v) is 5.74. The molecule has 1 amide bonds. The lowest BCUT2D eigenvalue weighted by atomic mass is 10.4. The molecule has 0 bridgehead atoms. The summed E-state index contributed by atoms with van der Waals surface area (Å²) in [6.07, 6.45) is 0. The van der Waals surface area contributed by atoms with Crippen molar-refractivity contribution in [3.05, 3.63) is 28.2 Å². The molecule has 94 valence electrons. The molecule has 8 heteroatoms. The first kappa shape index (κ1) is 14.2. The number of carbonyl (C=O) groups is 1. The summed E-state index contributed by atoms with van der Waals surface area (Å²) in [4.78, 5) is 10.8. The molecule has 0 saturated carbocycles. The molecule has 1 aromatic rings.